The van der Waals surface area contributed by atoms with Gasteiger partial charge in [-0.15, -0.1) is 11.6 Å². The standard InChI is InChI=1S/C40H29ClF8N10O4S/c1-64(62,63)57-37-29-17(13-41)3-5-27(31(29)54-55-37)59-38(53-26-10-16(2-4-21(26)39(59)61)36-50-7-6-25(52-36)34(44)45)23(18-8-19(42)11-20(43)9-18)14-51-28(60)15-58-33-30(32(56-58)35(46)47)22-12-24(22)40(33,48)49/h2-11,22-24,34-35H,12-15H2,1H3,(H,51,60)(H2,54,55,57)/t22-,23?,24+/m0/s1. The Labute approximate surface area is 359 Å². The summed E-state index contributed by atoms with van der Waals surface area (Å²) in [6.07, 6.45) is -4.21. The molecule has 0 radical (unpaired) electrons. The van der Waals surface area contributed by atoms with Gasteiger partial charge in [0, 0.05) is 41.7 Å². The van der Waals surface area contributed by atoms with Crippen molar-refractivity contribution in [3.8, 4) is 17.1 Å². The summed E-state index contributed by atoms with van der Waals surface area (Å²) in [7, 11) is -3.93. The minimum atomic E-state index is -3.93. The smallest absolute Gasteiger partial charge is 0.293 e. The molecule has 1 fully saturated rings. The van der Waals surface area contributed by atoms with E-state index in [1.54, 1.807) is 0 Å². The number of fused-ring (bicyclic) bond motifs is 5. The van der Waals surface area contributed by atoms with E-state index in [9.17, 15) is 35.6 Å². The maximum Gasteiger partial charge on any atom is 0.293 e. The molecule has 64 heavy (non-hydrogen) atoms. The van der Waals surface area contributed by atoms with Crippen LogP contribution in [0.25, 0.3) is 38.9 Å². The van der Waals surface area contributed by atoms with Gasteiger partial charge in [0.05, 0.1) is 39.7 Å². The fourth-order valence-corrected chi connectivity index (χ4v) is 9.02. The minimum Gasteiger partial charge on any atom is -0.353 e. The number of hydrogen-bond donors (Lipinski definition) is 3. The Hall–Kier alpha value is -6.49. The highest BCUT2D eigenvalue weighted by atomic mass is 35.5. The number of carbonyl (C=O) groups is 1. The lowest BCUT2D eigenvalue weighted by Gasteiger charge is -2.23. The Kier molecular flexibility index (Phi) is 10.5. The molecule has 3 atom stereocenters. The number of sulfonamides is 1. The lowest BCUT2D eigenvalue weighted by molar-refractivity contribution is -0.122. The molecule has 14 nitrogen and oxygen atoms in total. The highest BCUT2D eigenvalue weighted by molar-refractivity contribution is 7.92. The van der Waals surface area contributed by atoms with Crippen molar-refractivity contribution in [3.05, 3.63) is 122 Å². The molecular formula is C40H29ClF8N10O4S. The van der Waals surface area contributed by atoms with Gasteiger partial charge in [-0.2, -0.15) is 19.0 Å². The van der Waals surface area contributed by atoms with Crippen LogP contribution in [0.15, 0.2) is 65.6 Å². The van der Waals surface area contributed by atoms with Gasteiger partial charge in [0.1, 0.15) is 41.1 Å². The zero-order valence-electron chi connectivity index (χ0n) is 32.6. The van der Waals surface area contributed by atoms with Crippen molar-refractivity contribution in [3.63, 3.8) is 0 Å². The van der Waals surface area contributed by atoms with Gasteiger partial charge in [0.2, 0.25) is 15.9 Å². The van der Waals surface area contributed by atoms with Crippen molar-refractivity contribution < 1.29 is 48.3 Å². The second-order valence-electron chi connectivity index (χ2n) is 15.3. The van der Waals surface area contributed by atoms with Crippen LogP contribution in [0.3, 0.4) is 0 Å². The first-order valence-electron chi connectivity index (χ1n) is 19.1. The summed E-state index contributed by atoms with van der Waals surface area (Å²) < 4.78 is 145. The van der Waals surface area contributed by atoms with Crippen LogP contribution in [0.2, 0.25) is 0 Å². The summed E-state index contributed by atoms with van der Waals surface area (Å²) in [5.74, 6) is -11.2. The maximum absolute atomic E-state index is 15.4. The Morgan fingerprint density at radius 3 is 2.45 bits per heavy atom. The number of benzene rings is 3. The van der Waals surface area contributed by atoms with Gasteiger partial charge in [-0.25, -0.2) is 49.7 Å². The third-order valence-corrected chi connectivity index (χ3v) is 11.9. The number of nitrogens with zero attached hydrogens (tertiary/aromatic N) is 7. The molecule has 4 aromatic heterocycles. The molecule has 3 N–H and O–H groups in total. The van der Waals surface area contributed by atoms with Crippen molar-refractivity contribution in [2.75, 3.05) is 17.5 Å². The normalized spacial score (nSPS) is 17.0. The van der Waals surface area contributed by atoms with Gasteiger partial charge in [-0.3, -0.25) is 28.7 Å². The first-order valence-corrected chi connectivity index (χ1v) is 21.5. The number of anilines is 1. The van der Waals surface area contributed by atoms with E-state index in [1.165, 1.54) is 30.3 Å². The number of aromatic nitrogens is 8. The first-order chi connectivity index (χ1) is 30.3. The van der Waals surface area contributed by atoms with E-state index in [4.69, 9.17) is 16.6 Å². The molecular weight excluding hydrogens is 904 g/mol. The van der Waals surface area contributed by atoms with E-state index in [-0.39, 0.29) is 74.0 Å². The van der Waals surface area contributed by atoms with Crippen molar-refractivity contribution in [1.29, 1.82) is 0 Å². The summed E-state index contributed by atoms with van der Waals surface area (Å²) in [5.41, 5.74) is -3.31. The monoisotopic (exact) mass is 932 g/mol. The van der Waals surface area contributed by atoms with Gasteiger partial charge >= 0.3 is 0 Å². The van der Waals surface area contributed by atoms with E-state index in [0.717, 1.165) is 35.2 Å². The summed E-state index contributed by atoms with van der Waals surface area (Å²) in [6.45, 7) is -1.64. The second kappa shape index (κ2) is 15.6. The molecule has 2 aliphatic rings. The lowest BCUT2D eigenvalue weighted by atomic mass is 9.96. The van der Waals surface area contributed by atoms with E-state index >= 15 is 17.6 Å². The molecule has 0 saturated heterocycles. The molecule has 2 aliphatic carbocycles. The zero-order chi connectivity index (χ0) is 45.6. The molecule has 332 valence electrons. The molecule has 1 unspecified atom stereocenters. The minimum absolute atomic E-state index is 0.0183. The topological polar surface area (TPSA) is 182 Å². The molecule has 24 heteroatoms. The van der Waals surface area contributed by atoms with Crippen molar-refractivity contribution in [1.82, 2.24) is 44.8 Å². The number of halogens is 9. The maximum atomic E-state index is 15.4. The molecule has 7 aromatic rings. The Morgan fingerprint density at radius 1 is 1.02 bits per heavy atom. The van der Waals surface area contributed by atoms with Crippen molar-refractivity contribution in [2.45, 2.75) is 49.5 Å². The Balaban J connectivity index is 1.22. The van der Waals surface area contributed by atoms with Gasteiger partial charge in [0.15, 0.2) is 11.6 Å². The number of carbonyl (C=O) groups excluding carboxylic acids is 1. The van der Waals surface area contributed by atoms with Gasteiger partial charge in [-0.1, -0.05) is 12.1 Å². The van der Waals surface area contributed by atoms with Gasteiger partial charge in [0.25, 0.3) is 24.3 Å². The molecule has 0 spiro atoms. The fraction of sp³-hybridized carbons (Fsp3) is 0.275. The van der Waals surface area contributed by atoms with Gasteiger partial charge in [-0.05, 0) is 59.9 Å². The number of amides is 1. The molecule has 0 bridgehead atoms. The molecule has 0 aliphatic heterocycles. The molecule has 1 amide bonds. The van der Waals surface area contributed by atoms with Crippen molar-refractivity contribution >= 4 is 55.2 Å². The van der Waals surface area contributed by atoms with E-state index in [1.807, 2.05) is 0 Å². The number of alkyl halides is 7. The summed E-state index contributed by atoms with van der Waals surface area (Å²) in [5, 5.41) is 13.0. The van der Waals surface area contributed by atoms with E-state index in [2.05, 4.69) is 35.3 Å². The summed E-state index contributed by atoms with van der Waals surface area (Å²) in [4.78, 5) is 41.3. The predicted octanol–water partition coefficient (Wildman–Crippen LogP) is 7.34. The van der Waals surface area contributed by atoms with Crippen LogP contribution in [-0.2, 0) is 33.2 Å². The number of hydrogen-bond acceptors (Lipinski definition) is 9. The van der Waals surface area contributed by atoms with Crippen LogP contribution < -0.4 is 15.6 Å². The average molecular weight is 933 g/mol. The fourth-order valence-electron chi connectivity index (χ4n) is 8.29. The molecule has 9 rings (SSSR count). The third kappa shape index (κ3) is 7.48. The SMILES string of the molecule is CS(=O)(=O)Nc1n[nH]c2c(-n3c(C(CNC(=O)Cn4nc(C(F)F)c5c4C(F)(F)[C@@H]4C[C@H]54)c4cc(F)cc(F)c4)nc4cc(-c5nccc(C(F)F)n5)ccc4c3=O)ccc(CCl)c12. The Bertz CT molecular complexity index is 3220. The zero-order valence-corrected chi connectivity index (χ0v) is 34.1. The van der Waals surface area contributed by atoms with Crippen LogP contribution in [0.4, 0.5) is 40.9 Å². The highest BCUT2D eigenvalue weighted by Crippen LogP contribution is 2.68. The largest absolute Gasteiger partial charge is 0.353 e. The van der Waals surface area contributed by atoms with Gasteiger partial charge < -0.3 is 5.32 Å². The summed E-state index contributed by atoms with van der Waals surface area (Å²) in [6, 6.07) is 10.2. The predicted molar refractivity (Wildman–Crippen MR) is 214 cm³/mol. The first kappa shape index (κ1) is 42.8. The van der Waals surface area contributed by atoms with Crippen LogP contribution in [-0.4, -0.2) is 66.6 Å². The lowest BCUT2D eigenvalue weighted by Crippen LogP contribution is -2.36. The van der Waals surface area contributed by atoms with Crippen LogP contribution in [0, 0.1) is 17.6 Å². The summed E-state index contributed by atoms with van der Waals surface area (Å²) >= 11 is 6.25. The molecule has 1 saturated carbocycles. The quantitative estimate of drug-likeness (QED) is 0.0788. The van der Waals surface area contributed by atoms with Crippen LogP contribution >= 0.6 is 11.6 Å². The van der Waals surface area contributed by atoms with Crippen molar-refractivity contribution in [2.24, 2.45) is 5.92 Å². The van der Waals surface area contributed by atoms with E-state index < -0.39 is 99.8 Å². The number of nitrogens with one attached hydrogen (secondary N) is 3. The molecule has 3 aromatic carbocycles. The second-order valence-corrected chi connectivity index (χ2v) is 17.3. The Morgan fingerprint density at radius 2 is 1.77 bits per heavy atom. The highest BCUT2D eigenvalue weighted by Gasteiger charge is 2.67. The number of rotatable bonds is 13. The third-order valence-electron chi connectivity index (χ3n) is 11.1. The number of H-pyrrole nitrogens is 1. The molecule has 4 heterocycles. The number of aromatic amines is 1. The van der Waals surface area contributed by atoms with Crippen LogP contribution in [0.5, 0.6) is 0 Å². The van der Waals surface area contributed by atoms with E-state index in [0.29, 0.717) is 16.3 Å². The van der Waals surface area contributed by atoms with Crippen LogP contribution in [0.1, 0.15) is 70.7 Å². The average Bonchev–Trinajstić information content (AvgIpc) is 3.71.